The molecule has 1 rings (SSSR count). The van der Waals surface area contributed by atoms with Crippen molar-refractivity contribution in [2.75, 3.05) is 26.4 Å². The molecule has 1 amide bonds. The van der Waals surface area contributed by atoms with E-state index in [1.807, 2.05) is 0 Å². The summed E-state index contributed by atoms with van der Waals surface area (Å²) in [6, 6.07) is 0. The SMILES string of the molecule is CCCNC1(C(N)=O)CCCC(OCCOCCC)C1. The normalized spacial score (nSPS) is 26.6. The molecule has 0 bridgehead atoms. The van der Waals surface area contributed by atoms with Gasteiger partial charge in [0, 0.05) is 13.0 Å². The van der Waals surface area contributed by atoms with Crippen LogP contribution in [0, 0.1) is 0 Å². The molecule has 0 heterocycles. The van der Waals surface area contributed by atoms with Crippen molar-refractivity contribution < 1.29 is 14.3 Å². The summed E-state index contributed by atoms with van der Waals surface area (Å²) in [7, 11) is 0. The number of hydrogen-bond acceptors (Lipinski definition) is 4. The number of carbonyl (C=O) groups excluding carboxylic acids is 1. The molecule has 0 aromatic carbocycles. The van der Waals surface area contributed by atoms with Gasteiger partial charge in [-0.3, -0.25) is 4.79 Å². The first kappa shape index (κ1) is 17.4. The van der Waals surface area contributed by atoms with Gasteiger partial charge < -0.3 is 20.5 Å². The van der Waals surface area contributed by atoms with Crippen LogP contribution in [0.3, 0.4) is 0 Å². The highest BCUT2D eigenvalue weighted by atomic mass is 16.5. The number of amides is 1. The maximum atomic E-state index is 11.8. The van der Waals surface area contributed by atoms with Crippen molar-refractivity contribution in [2.45, 2.75) is 64.0 Å². The molecular weight excluding hydrogens is 256 g/mol. The van der Waals surface area contributed by atoms with Crippen molar-refractivity contribution in [2.24, 2.45) is 5.73 Å². The minimum Gasteiger partial charge on any atom is -0.379 e. The summed E-state index contributed by atoms with van der Waals surface area (Å²) >= 11 is 0. The minimum atomic E-state index is -0.580. The van der Waals surface area contributed by atoms with E-state index in [9.17, 15) is 4.79 Å². The van der Waals surface area contributed by atoms with Gasteiger partial charge in [0.05, 0.1) is 19.3 Å². The van der Waals surface area contributed by atoms with Crippen LogP contribution in [0.1, 0.15) is 52.4 Å². The van der Waals surface area contributed by atoms with Crippen LogP contribution in [0.5, 0.6) is 0 Å². The van der Waals surface area contributed by atoms with Crippen LogP contribution in [0.15, 0.2) is 0 Å². The first-order valence-corrected chi connectivity index (χ1v) is 7.89. The molecular formula is C15H30N2O3. The van der Waals surface area contributed by atoms with Gasteiger partial charge in [-0.1, -0.05) is 13.8 Å². The lowest BCUT2D eigenvalue weighted by molar-refractivity contribution is -0.128. The summed E-state index contributed by atoms with van der Waals surface area (Å²) in [6.07, 6.45) is 5.58. The first-order valence-electron chi connectivity index (χ1n) is 7.89. The maximum absolute atomic E-state index is 11.8. The number of rotatable bonds is 10. The molecule has 1 fully saturated rings. The van der Waals surface area contributed by atoms with E-state index < -0.39 is 5.54 Å². The molecule has 0 radical (unpaired) electrons. The standard InChI is InChI=1S/C15H30N2O3/c1-3-8-17-15(14(16)18)7-5-6-13(12-15)20-11-10-19-9-4-2/h13,17H,3-12H2,1-2H3,(H2,16,18). The van der Waals surface area contributed by atoms with E-state index >= 15 is 0 Å². The Bertz CT molecular complexity index is 286. The van der Waals surface area contributed by atoms with Crippen molar-refractivity contribution in [1.82, 2.24) is 5.32 Å². The highest BCUT2D eigenvalue weighted by Gasteiger charge is 2.41. The summed E-state index contributed by atoms with van der Waals surface area (Å²) in [4.78, 5) is 11.8. The van der Waals surface area contributed by atoms with Crippen molar-refractivity contribution in [1.29, 1.82) is 0 Å². The number of nitrogens with one attached hydrogen (secondary N) is 1. The van der Waals surface area contributed by atoms with E-state index in [0.717, 1.165) is 45.3 Å². The van der Waals surface area contributed by atoms with E-state index in [-0.39, 0.29) is 12.0 Å². The third-order valence-corrected chi connectivity index (χ3v) is 3.82. The Balaban J connectivity index is 2.40. The van der Waals surface area contributed by atoms with Gasteiger partial charge in [-0.05, 0) is 38.6 Å². The molecule has 3 N–H and O–H groups in total. The van der Waals surface area contributed by atoms with Gasteiger partial charge in [-0.2, -0.15) is 0 Å². The lowest BCUT2D eigenvalue weighted by Gasteiger charge is -2.39. The Morgan fingerprint density at radius 3 is 2.75 bits per heavy atom. The highest BCUT2D eigenvalue weighted by molar-refractivity contribution is 5.84. The monoisotopic (exact) mass is 286 g/mol. The second kappa shape index (κ2) is 9.32. The van der Waals surface area contributed by atoms with Crippen LogP contribution >= 0.6 is 0 Å². The molecule has 20 heavy (non-hydrogen) atoms. The molecule has 2 unspecified atom stereocenters. The number of primary amides is 1. The molecule has 5 heteroatoms. The summed E-state index contributed by atoms with van der Waals surface area (Å²) in [6.45, 7) is 6.97. The molecule has 1 aliphatic rings. The fourth-order valence-electron chi connectivity index (χ4n) is 2.72. The van der Waals surface area contributed by atoms with Crippen LogP contribution in [0.2, 0.25) is 0 Å². The molecule has 0 saturated heterocycles. The van der Waals surface area contributed by atoms with Crippen molar-refractivity contribution in [3.63, 3.8) is 0 Å². The highest BCUT2D eigenvalue weighted by Crippen LogP contribution is 2.30. The molecule has 5 nitrogen and oxygen atoms in total. The summed E-state index contributed by atoms with van der Waals surface area (Å²) in [5.74, 6) is -0.249. The van der Waals surface area contributed by atoms with Crippen LogP contribution in [0.4, 0.5) is 0 Å². The van der Waals surface area contributed by atoms with Gasteiger partial charge in [0.25, 0.3) is 0 Å². The quantitative estimate of drug-likeness (QED) is 0.598. The van der Waals surface area contributed by atoms with Gasteiger partial charge in [-0.25, -0.2) is 0 Å². The van der Waals surface area contributed by atoms with Gasteiger partial charge in [0.15, 0.2) is 0 Å². The Labute approximate surface area is 122 Å². The minimum absolute atomic E-state index is 0.103. The molecule has 2 atom stereocenters. The average Bonchev–Trinajstić information content (AvgIpc) is 2.45. The zero-order chi connectivity index (χ0) is 14.8. The van der Waals surface area contributed by atoms with Crippen LogP contribution < -0.4 is 11.1 Å². The van der Waals surface area contributed by atoms with E-state index in [2.05, 4.69) is 19.2 Å². The molecule has 0 aliphatic heterocycles. The van der Waals surface area contributed by atoms with Gasteiger partial charge in [-0.15, -0.1) is 0 Å². The number of hydrogen-bond donors (Lipinski definition) is 2. The molecule has 0 aromatic rings. The fraction of sp³-hybridized carbons (Fsp3) is 0.933. The van der Waals surface area contributed by atoms with Crippen molar-refractivity contribution >= 4 is 5.91 Å². The smallest absolute Gasteiger partial charge is 0.237 e. The Hall–Kier alpha value is -0.650. The van der Waals surface area contributed by atoms with Crippen LogP contribution in [0.25, 0.3) is 0 Å². The lowest BCUT2D eigenvalue weighted by atomic mass is 9.79. The average molecular weight is 286 g/mol. The third-order valence-electron chi connectivity index (χ3n) is 3.82. The molecule has 1 aliphatic carbocycles. The van der Waals surface area contributed by atoms with Crippen LogP contribution in [-0.4, -0.2) is 43.9 Å². The zero-order valence-electron chi connectivity index (χ0n) is 13.0. The summed E-state index contributed by atoms with van der Waals surface area (Å²) in [5, 5.41) is 3.34. The third kappa shape index (κ3) is 5.38. The topological polar surface area (TPSA) is 73.6 Å². The molecule has 118 valence electrons. The maximum Gasteiger partial charge on any atom is 0.237 e. The fourth-order valence-corrected chi connectivity index (χ4v) is 2.72. The largest absolute Gasteiger partial charge is 0.379 e. The number of nitrogens with two attached hydrogens (primary N) is 1. The van der Waals surface area contributed by atoms with E-state index in [0.29, 0.717) is 19.6 Å². The zero-order valence-corrected chi connectivity index (χ0v) is 13.0. The van der Waals surface area contributed by atoms with Crippen molar-refractivity contribution in [3.05, 3.63) is 0 Å². The molecule has 1 saturated carbocycles. The molecule has 0 spiro atoms. The second-order valence-corrected chi connectivity index (χ2v) is 5.57. The number of ether oxygens (including phenoxy) is 2. The summed E-state index contributed by atoms with van der Waals surface area (Å²) < 4.78 is 11.2. The van der Waals surface area contributed by atoms with Gasteiger partial charge in [0.1, 0.15) is 5.54 Å². The first-order chi connectivity index (χ1) is 9.64. The summed E-state index contributed by atoms with van der Waals surface area (Å²) in [5.41, 5.74) is 5.04. The van der Waals surface area contributed by atoms with Gasteiger partial charge >= 0.3 is 0 Å². The van der Waals surface area contributed by atoms with E-state index in [1.54, 1.807) is 0 Å². The van der Waals surface area contributed by atoms with Gasteiger partial charge in [0.2, 0.25) is 5.91 Å². The Morgan fingerprint density at radius 2 is 2.10 bits per heavy atom. The number of carbonyl (C=O) groups is 1. The Morgan fingerprint density at radius 1 is 1.30 bits per heavy atom. The van der Waals surface area contributed by atoms with Crippen LogP contribution in [-0.2, 0) is 14.3 Å². The predicted molar refractivity (Wildman–Crippen MR) is 79.5 cm³/mol. The molecule has 0 aromatic heterocycles. The second-order valence-electron chi connectivity index (χ2n) is 5.57. The van der Waals surface area contributed by atoms with E-state index in [1.165, 1.54) is 0 Å². The van der Waals surface area contributed by atoms with E-state index in [4.69, 9.17) is 15.2 Å². The lowest BCUT2D eigenvalue weighted by Crippen LogP contribution is -2.59. The Kier molecular flexibility index (Phi) is 8.11. The predicted octanol–water partition coefficient (Wildman–Crippen LogP) is 1.60. The van der Waals surface area contributed by atoms with Crippen molar-refractivity contribution in [3.8, 4) is 0 Å².